The van der Waals surface area contributed by atoms with E-state index < -0.39 is 20.9 Å². The number of hydrogen-bond donors (Lipinski definition) is 2. The molecule has 0 atom stereocenters. The Morgan fingerprint density at radius 1 is 1.48 bits per heavy atom. The lowest BCUT2D eigenvalue weighted by Crippen LogP contribution is -2.24. The summed E-state index contributed by atoms with van der Waals surface area (Å²) in [5.74, 6) is 4.31. The monoisotopic (exact) mass is 326 g/mol. The van der Waals surface area contributed by atoms with Crippen LogP contribution in [0.25, 0.3) is 0 Å². The summed E-state index contributed by atoms with van der Waals surface area (Å²) in [6.07, 6.45) is 1.21. The normalized spacial score (nSPS) is 11.0. The van der Waals surface area contributed by atoms with Crippen LogP contribution in [0, 0.1) is 17.7 Å². The minimum Gasteiger partial charge on any atom is -0.384 e. The van der Waals surface area contributed by atoms with Gasteiger partial charge in [-0.25, -0.2) is 22.5 Å². The molecule has 0 unspecified atom stereocenters. The van der Waals surface area contributed by atoms with Crippen LogP contribution in [0.5, 0.6) is 0 Å². The molecule has 2 rings (SSSR count). The Hall–Kier alpha value is -1.79. The molecule has 2 heterocycles. The van der Waals surface area contributed by atoms with Crippen molar-refractivity contribution in [1.29, 1.82) is 0 Å². The topological polar surface area (TPSA) is 79.3 Å². The summed E-state index contributed by atoms with van der Waals surface area (Å²) in [5.41, 5.74) is 0.687. The third-order valence-electron chi connectivity index (χ3n) is 2.38. The van der Waals surface area contributed by atoms with E-state index in [0.717, 1.165) is 10.9 Å². The van der Waals surface area contributed by atoms with Crippen molar-refractivity contribution in [2.24, 2.45) is 0 Å². The van der Waals surface area contributed by atoms with Gasteiger partial charge in [-0.15, -0.1) is 11.3 Å². The van der Waals surface area contributed by atoms with E-state index in [2.05, 4.69) is 21.5 Å². The van der Waals surface area contributed by atoms with Gasteiger partial charge in [0.05, 0.1) is 0 Å². The summed E-state index contributed by atoms with van der Waals surface area (Å²) in [7, 11) is -4.00. The number of sulfonamides is 1. The molecule has 0 saturated heterocycles. The molecule has 0 saturated carbocycles. The first kappa shape index (κ1) is 15.6. The van der Waals surface area contributed by atoms with Crippen LogP contribution in [-0.2, 0) is 16.6 Å². The van der Waals surface area contributed by atoms with Crippen LogP contribution in [0.1, 0.15) is 10.4 Å². The number of aliphatic hydroxyl groups excluding tert-OH is 1. The molecule has 5 nitrogen and oxygen atoms in total. The Morgan fingerprint density at radius 2 is 2.29 bits per heavy atom. The Kier molecular flexibility index (Phi) is 5.03. The quantitative estimate of drug-likeness (QED) is 0.825. The van der Waals surface area contributed by atoms with Crippen LogP contribution in [0.3, 0.4) is 0 Å². The summed E-state index contributed by atoms with van der Waals surface area (Å²) < 4.78 is 39.6. The fraction of sp³-hybridized carbons (Fsp3) is 0.154. The van der Waals surface area contributed by atoms with Gasteiger partial charge in [-0.05, 0) is 18.2 Å². The van der Waals surface area contributed by atoms with E-state index in [1.165, 1.54) is 23.6 Å². The zero-order valence-electron chi connectivity index (χ0n) is 10.7. The van der Waals surface area contributed by atoms with Gasteiger partial charge in [0.25, 0.3) is 10.0 Å². The van der Waals surface area contributed by atoms with Crippen LogP contribution in [0.15, 0.2) is 34.8 Å². The van der Waals surface area contributed by atoms with Gasteiger partial charge in [-0.3, -0.25) is 0 Å². The number of hydrogen-bond acceptors (Lipinski definition) is 5. The summed E-state index contributed by atoms with van der Waals surface area (Å²) in [6, 6.07) is 4.06. The summed E-state index contributed by atoms with van der Waals surface area (Å²) in [5, 5.41) is 9.71. The molecule has 21 heavy (non-hydrogen) atoms. The molecule has 2 N–H and O–H groups in total. The van der Waals surface area contributed by atoms with Gasteiger partial charge in [-0.2, -0.15) is 0 Å². The van der Waals surface area contributed by atoms with Crippen molar-refractivity contribution < 1.29 is 17.9 Å². The predicted octanol–water partition coefficient (Wildman–Crippen LogP) is 1.10. The molecule has 110 valence electrons. The molecule has 0 amide bonds. The number of nitrogens with one attached hydrogen (secondary N) is 1. The molecule has 0 aliphatic carbocycles. The lowest BCUT2D eigenvalue weighted by molar-refractivity contribution is 0.350. The smallest absolute Gasteiger partial charge is 0.261 e. The van der Waals surface area contributed by atoms with Gasteiger partial charge in [-0.1, -0.05) is 11.8 Å². The van der Waals surface area contributed by atoms with E-state index in [9.17, 15) is 12.8 Å². The van der Waals surface area contributed by atoms with E-state index in [-0.39, 0.29) is 13.2 Å². The zero-order chi connectivity index (χ0) is 15.3. The molecular formula is C13H11FN2O3S2. The van der Waals surface area contributed by atoms with Crippen molar-refractivity contribution in [3.8, 4) is 11.8 Å². The standard InChI is InChI=1S/C13H11FN2O3S2/c14-12-4-1-5-15-13(12)21(18,19)16-8-11-7-10(9-20-11)3-2-6-17/h1,4-5,7,9,16-17H,6,8H2. The number of thiophene rings is 1. The van der Waals surface area contributed by atoms with Crippen molar-refractivity contribution in [2.75, 3.05) is 6.61 Å². The molecule has 0 aliphatic rings. The number of aliphatic hydroxyl groups is 1. The number of rotatable bonds is 4. The first-order chi connectivity index (χ1) is 10.0. The maximum Gasteiger partial charge on any atom is 0.261 e. The summed E-state index contributed by atoms with van der Waals surface area (Å²) in [4.78, 5) is 4.26. The van der Waals surface area contributed by atoms with Gasteiger partial charge < -0.3 is 5.11 Å². The fourth-order valence-corrected chi connectivity index (χ4v) is 3.34. The number of nitrogens with zero attached hydrogens (tertiary/aromatic N) is 1. The summed E-state index contributed by atoms with van der Waals surface area (Å²) in [6.45, 7) is -0.222. The minimum atomic E-state index is -4.00. The van der Waals surface area contributed by atoms with Gasteiger partial charge in [0, 0.05) is 28.6 Å². The fourth-order valence-electron chi connectivity index (χ4n) is 1.48. The lowest BCUT2D eigenvalue weighted by Gasteiger charge is -2.05. The van der Waals surface area contributed by atoms with Crippen molar-refractivity contribution in [3.05, 3.63) is 46.0 Å². The largest absolute Gasteiger partial charge is 0.384 e. The second kappa shape index (κ2) is 6.78. The van der Waals surface area contributed by atoms with E-state index >= 15 is 0 Å². The van der Waals surface area contributed by atoms with Crippen LogP contribution < -0.4 is 4.72 Å². The molecule has 2 aromatic rings. The highest BCUT2D eigenvalue weighted by Gasteiger charge is 2.20. The van der Waals surface area contributed by atoms with Crippen LogP contribution in [-0.4, -0.2) is 25.1 Å². The van der Waals surface area contributed by atoms with E-state index in [1.54, 1.807) is 11.4 Å². The highest BCUT2D eigenvalue weighted by molar-refractivity contribution is 7.89. The highest BCUT2D eigenvalue weighted by Crippen LogP contribution is 2.15. The van der Waals surface area contributed by atoms with Crippen LogP contribution >= 0.6 is 11.3 Å². The van der Waals surface area contributed by atoms with Gasteiger partial charge in [0.2, 0.25) is 5.03 Å². The maximum absolute atomic E-state index is 13.4. The molecule has 8 heteroatoms. The Bertz CT molecular complexity index is 791. The molecule has 0 fully saturated rings. The third-order valence-corrected chi connectivity index (χ3v) is 4.65. The van der Waals surface area contributed by atoms with E-state index in [1.807, 2.05) is 0 Å². The molecule has 0 spiro atoms. The van der Waals surface area contributed by atoms with Gasteiger partial charge in [0.15, 0.2) is 5.82 Å². The molecule has 0 aliphatic heterocycles. The second-order valence-electron chi connectivity index (χ2n) is 3.88. The Labute approximate surface area is 125 Å². The van der Waals surface area contributed by atoms with Gasteiger partial charge in [0.1, 0.15) is 6.61 Å². The lowest BCUT2D eigenvalue weighted by atomic mass is 10.3. The molecule has 0 aromatic carbocycles. The third kappa shape index (κ3) is 4.09. The predicted molar refractivity (Wildman–Crippen MR) is 76.5 cm³/mol. The number of aromatic nitrogens is 1. The molecule has 0 radical (unpaired) electrons. The highest BCUT2D eigenvalue weighted by atomic mass is 32.2. The van der Waals surface area contributed by atoms with E-state index in [4.69, 9.17) is 5.11 Å². The average Bonchev–Trinajstić information content (AvgIpc) is 2.91. The SMILES string of the molecule is O=S(=O)(NCc1cc(C#CCO)cs1)c1ncccc1F. The van der Waals surface area contributed by atoms with Gasteiger partial charge >= 0.3 is 0 Å². The zero-order valence-corrected chi connectivity index (χ0v) is 12.3. The van der Waals surface area contributed by atoms with Crippen molar-refractivity contribution in [3.63, 3.8) is 0 Å². The van der Waals surface area contributed by atoms with Crippen molar-refractivity contribution in [2.45, 2.75) is 11.6 Å². The average molecular weight is 326 g/mol. The molecule has 2 aromatic heterocycles. The van der Waals surface area contributed by atoms with Crippen molar-refractivity contribution >= 4 is 21.4 Å². The first-order valence-electron chi connectivity index (χ1n) is 5.80. The minimum absolute atomic E-state index is 0.0177. The van der Waals surface area contributed by atoms with E-state index in [0.29, 0.717) is 5.56 Å². The van der Waals surface area contributed by atoms with Crippen molar-refractivity contribution in [1.82, 2.24) is 9.71 Å². The molecular weight excluding hydrogens is 315 g/mol. The van der Waals surface area contributed by atoms with Crippen LogP contribution in [0.2, 0.25) is 0 Å². The second-order valence-corrected chi connectivity index (χ2v) is 6.55. The number of pyridine rings is 1. The summed E-state index contributed by atoms with van der Waals surface area (Å²) >= 11 is 1.31. The Balaban J connectivity index is 2.09. The molecule has 0 bridgehead atoms. The number of halogens is 1. The first-order valence-corrected chi connectivity index (χ1v) is 8.16. The Morgan fingerprint density at radius 3 is 3.00 bits per heavy atom. The maximum atomic E-state index is 13.4. The van der Waals surface area contributed by atoms with Crippen LogP contribution in [0.4, 0.5) is 4.39 Å².